The van der Waals surface area contributed by atoms with Gasteiger partial charge in [0, 0.05) is 5.54 Å². The summed E-state index contributed by atoms with van der Waals surface area (Å²) in [4.78, 5) is 39.2. The lowest BCUT2D eigenvalue weighted by Gasteiger charge is -2.29. The van der Waals surface area contributed by atoms with Crippen LogP contribution in [0.25, 0.3) is 10.9 Å². The second-order valence-electron chi connectivity index (χ2n) is 9.39. The summed E-state index contributed by atoms with van der Waals surface area (Å²) in [6.45, 7) is 14.6. The average molecular weight is 389 g/mol. The molecular formula is C21H31N3O4. The van der Waals surface area contributed by atoms with E-state index in [1.165, 1.54) is 9.36 Å². The van der Waals surface area contributed by atoms with Crippen molar-refractivity contribution < 1.29 is 14.3 Å². The van der Waals surface area contributed by atoms with Gasteiger partial charge in [-0.2, -0.15) is 4.68 Å². The molecule has 0 aliphatic rings. The number of nitrogens with zero attached hydrogens (tertiary/aromatic N) is 2. The van der Waals surface area contributed by atoms with Crippen molar-refractivity contribution in [2.45, 2.75) is 72.6 Å². The number of hydrogen-bond acceptors (Lipinski definition) is 4. The summed E-state index contributed by atoms with van der Waals surface area (Å²) in [6.07, 6.45) is -0.694. The minimum absolute atomic E-state index is 0.231. The highest BCUT2D eigenvalue weighted by Gasteiger charge is 2.34. The predicted octanol–water partition coefficient (Wildman–Crippen LogP) is 3.70. The van der Waals surface area contributed by atoms with E-state index in [9.17, 15) is 14.4 Å². The highest BCUT2D eigenvalue weighted by atomic mass is 16.6. The molecule has 1 unspecified atom stereocenters. The summed E-state index contributed by atoms with van der Waals surface area (Å²) in [6, 6.07) is 5.93. The van der Waals surface area contributed by atoms with Gasteiger partial charge in [0.25, 0.3) is 5.56 Å². The molecule has 1 heterocycles. The number of carbonyl (C=O) groups excluding carboxylic acids is 2. The molecule has 1 atom stereocenters. The number of benzene rings is 1. The van der Waals surface area contributed by atoms with E-state index in [2.05, 4.69) is 5.32 Å². The Morgan fingerprint density at radius 3 is 2.11 bits per heavy atom. The third kappa shape index (κ3) is 4.64. The van der Waals surface area contributed by atoms with Gasteiger partial charge in [0.15, 0.2) is 0 Å². The molecule has 2 rings (SSSR count). The van der Waals surface area contributed by atoms with Crippen molar-refractivity contribution >= 4 is 22.9 Å². The Hall–Kier alpha value is -2.57. The molecule has 1 aromatic heterocycles. The highest BCUT2D eigenvalue weighted by molar-refractivity contribution is 5.89. The van der Waals surface area contributed by atoms with E-state index in [0.717, 1.165) is 0 Å². The van der Waals surface area contributed by atoms with E-state index in [4.69, 9.17) is 4.74 Å². The topological polar surface area (TPSA) is 82.3 Å². The van der Waals surface area contributed by atoms with Gasteiger partial charge < -0.3 is 10.1 Å². The SMILES string of the molecule is CC(C)C(C(=O)NC(C)(C)C)n1c(=O)c2ccccc2n1C(=O)OC(C)(C)C. The van der Waals surface area contributed by atoms with Crippen molar-refractivity contribution in [3.05, 3.63) is 34.6 Å². The zero-order valence-electron chi connectivity index (χ0n) is 18.0. The first-order chi connectivity index (χ1) is 12.7. The Balaban J connectivity index is 2.75. The van der Waals surface area contributed by atoms with E-state index < -0.39 is 28.8 Å². The number of ether oxygens (including phenoxy) is 1. The molecule has 1 aromatic carbocycles. The molecule has 7 heteroatoms. The Kier molecular flexibility index (Phi) is 5.78. The van der Waals surface area contributed by atoms with Gasteiger partial charge in [-0.1, -0.05) is 26.0 Å². The molecule has 0 bridgehead atoms. The maximum atomic E-state index is 13.2. The van der Waals surface area contributed by atoms with Gasteiger partial charge in [0.1, 0.15) is 11.6 Å². The third-order valence-electron chi connectivity index (χ3n) is 4.01. The lowest BCUT2D eigenvalue weighted by molar-refractivity contribution is -0.127. The summed E-state index contributed by atoms with van der Waals surface area (Å²) < 4.78 is 7.95. The molecule has 154 valence electrons. The number of fused-ring (bicyclic) bond motifs is 1. The predicted molar refractivity (Wildman–Crippen MR) is 110 cm³/mol. The number of aromatic nitrogens is 2. The van der Waals surface area contributed by atoms with Crippen molar-refractivity contribution in [3.8, 4) is 0 Å². The molecule has 7 nitrogen and oxygen atoms in total. The number of hydrogen-bond donors (Lipinski definition) is 1. The summed E-state index contributed by atoms with van der Waals surface area (Å²) in [5.74, 6) is -0.553. The van der Waals surface area contributed by atoms with Gasteiger partial charge in [0.05, 0.1) is 10.9 Å². The van der Waals surface area contributed by atoms with Crippen LogP contribution in [0, 0.1) is 5.92 Å². The lowest BCUT2D eigenvalue weighted by atomic mass is 10.0. The Bertz CT molecular complexity index is 939. The Morgan fingerprint density at radius 1 is 1.04 bits per heavy atom. The molecule has 28 heavy (non-hydrogen) atoms. The largest absolute Gasteiger partial charge is 0.442 e. The van der Waals surface area contributed by atoms with Crippen molar-refractivity contribution in [2.24, 2.45) is 5.92 Å². The van der Waals surface area contributed by atoms with Crippen LogP contribution in [0.1, 0.15) is 61.4 Å². The molecular weight excluding hydrogens is 358 g/mol. The van der Waals surface area contributed by atoms with Crippen LogP contribution in [0.15, 0.2) is 29.1 Å². The summed E-state index contributed by atoms with van der Waals surface area (Å²) in [7, 11) is 0. The fourth-order valence-electron chi connectivity index (χ4n) is 3.05. The number of para-hydroxylation sites is 1. The van der Waals surface area contributed by atoms with E-state index in [1.807, 2.05) is 34.6 Å². The van der Waals surface area contributed by atoms with Crippen LogP contribution in [0.3, 0.4) is 0 Å². The van der Waals surface area contributed by atoms with Crippen LogP contribution in [0.5, 0.6) is 0 Å². The van der Waals surface area contributed by atoms with Crippen LogP contribution in [0.2, 0.25) is 0 Å². The lowest BCUT2D eigenvalue weighted by Crippen LogP contribution is -2.49. The van der Waals surface area contributed by atoms with Gasteiger partial charge in [-0.15, -0.1) is 0 Å². The third-order valence-corrected chi connectivity index (χ3v) is 4.01. The monoisotopic (exact) mass is 389 g/mol. The summed E-state index contributed by atoms with van der Waals surface area (Å²) >= 11 is 0. The number of nitrogens with one attached hydrogen (secondary N) is 1. The van der Waals surface area contributed by atoms with Gasteiger partial charge in [0.2, 0.25) is 5.91 Å². The first-order valence-electron chi connectivity index (χ1n) is 9.50. The molecule has 1 N–H and O–H groups in total. The van der Waals surface area contributed by atoms with E-state index in [1.54, 1.807) is 45.0 Å². The van der Waals surface area contributed by atoms with Gasteiger partial charge in [-0.05, 0) is 59.6 Å². The van der Waals surface area contributed by atoms with Crippen LogP contribution in [-0.2, 0) is 9.53 Å². The number of amides is 1. The molecule has 2 aromatic rings. The Labute approximate surface area is 165 Å². The first kappa shape index (κ1) is 21.7. The van der Waals surface area contributed by atoms with Crippen LogP contribution in [-0.4, -0.2) is 32.5 Å². The minimum Gasteiger partial charge on any atom is -0.442 e. The molecule has 0 radical (unpaired) electrons. The molecule has 0 saturated carbocycles. The zero-order valence-corrected chi connectivity index (χ0v) is 18.0. The average Bonchev–Trinajstić information content (AvgIpc) is 2.77. The number of rotatable bonds is 3. The zero-order chi connectivity index (χ0) is 21.4. The molecule has 0 aliphatic carbocycles. The van der Waals surface area contributed by atoms with E-state index in [0.29, 0.717) is 10.9 Å². The van der Waals surface area contributed by atoms with Gasteiger partial charge in [-0.25, -0.2) is 9.48 Å². The van der Waals surface area contributed by atoms with Gasteiger partial charge in [-0.3, -0.25) is 9.59 Å². The summed E-state index contributed by atoms with van der Waals surface area (Å²) in [5, 5.41) is 3.28. The second-order valence-corrected chi connectivity index (χ2v) is 9.39. The van der Waals surface area contributed by atoms with Crippen LogP contribution in [0.4, 0.5) is 4.79 Å². The van der Waals surface area contributed by atoms with Crippen LogP contribution < -0.4 is 10.9 Å². The van der Waals surface area contributed by atoms with Crippen molar-refractivity contribution in [2.75, 3.05) is 0 Å². The highest BCUT2D eigenvalue weighted by Crippen LogP contribution is 2.23. The standard InChI is InChI=1S/C21H31N3O4/c1-13(2)16(17(25)22-20(3,4)5)24-18(26)14-11-9-10-12-15(14)23(24)19(27)28-21(6,7)8/h9-13,16H,1-8H3,(H,22,25). The Morgan fingerprint density at radius 2 is 1.61 bits per heavy atom. The quantitative estimate of drug-likeness (QED) is 0.868. The van der Waals surface area contributed by atoms with Crippen molar-refractivity contribution in [1.82, 2.24) is 14.7 Å². The van der Waals surface area contributed by atoms with Crippen LogP contribution >= 0.6 is 0 Å². The van der Waals surface area contributed by atoms with Crippen molar-refractivity contribution in [3.63, 3.8) is 0 Å². The molecule has 0 aliphatic heterocycles. The molecule has 0 fully saturated rings. The summed E-state index contributed by atoms with van der Waals surface area (Å²) in [5.41, 5.74) is -1.21. The minimum atomic E-state index is -0.869. The molecule has 0 spiro atoms. The fourth-order valence-corrected chi connectivity index (χ4v) is 3.05. The maximum Gasteiger partial charge on any atom is 0.434 e. The van der Waals surface area contributed by atoms with Crippen molar-refractivity contribution in [1.29, 1.82) is 0 Å². The number of carbonyl (C=O) groups is 2. The second kappa shape index (κ2) is 7.45. The fraction of sp³-hybridized carbons (Fsp3) is 0.571. The maximum absolute atomic E-state index is 13.2. The normalized spacial score (nSPS) is 13.6. The molecule has 1 amide bonds. The molecule has 0 saturated heterocycles. The van der Waals surface area contributed by atoms with Gasteiger partial charge >= 0.3 is 6.09 Å². The van der Waals surface area contributed by atoms with E-state index in [-0.39, 0.29) is 11.8 Å². The van der Waals surface area contributed by atoms with E-state index >= 15 is 0 Å². The smallest absolute Gasteiger partial charge is 0.434 e. The first-order valence-corrected chi connectivity index (χ1v) is 9.50.